The monoisotopic (exact) mass is 243 g/mol. The lowest BCUT2D eigenvalue weighted by Crippen LogP contribution is -2.27. The zero-order valence-electron chi connectivity index (χ0n) is 9.92. The zero-order valence-corrected chi connectivity index (χ0v) is 10.7. The molecule has 16 heavy (non-hydrogen) atoms. The first kappa shape index (κ1) is 13.3. The van der Waals surface area contributed by atoms with Crippen LogP contribution in [-0.2, 0) is 17.3 Å². The van der Waals surface area contributed by atoms with E-state index in [1.54, 1.807) is 12.3 Å². The molecular formula is C12H18FNOS. The molecule has 0 aliphatic heterocycles. The second kappa shape index (κ2) is 6.11. The van der Waals surface area contributed by atoms with Gasteiger partial charge < -0.3 is 5.32 Å². The lowest BCUT2D eigenvalue weighted by atomic mass is 10.1. The van der Waals surface area contributed by atoms with E-state index in [4.69, 9.17) is 0 Å². The summed E-state index contributed by atoms with van der Waals surface area (Å²) >= 11 is 0. The molecule has 1 N–H and O–H groups in total. The number of halogens is 1. The highest BCUT2D eigenvalue weighted by Gasteiger charge is 2.06. The van der Waals surface area contributed by atoms with Gasteiger partial charge in [0.05, 0.1) is 0 Å². The van der Waals surface area contributed by atoms with Gasteiger partial charge in [-0.15, -0.1) is 0 Å². The third-order valence-electron chi connectivity index (χ3n) is 2.63. The van der Waals surface area contributed by atoms with Crippen LogP contribution in [0.25, 0.3) is 0 Å². The molecule has 2 nitrogen and oxygen atoms in total. The van der Waals surface area contributed by atoms with Crippen molar-refractivity contribution in [3.63, 3.8) is 0 Å². The maximum absolute atomic E-state index is 13.0. The van der Waals surface area contributed by atoms with Crippen LogP contribution in [0.3, 0.4) is 0 Å². The van der Waals surface area contributed by atoms with E-state index >= 15 is 0 Å². The predicted molar refractivity (Wildman–Crippen MR) is 66.4 cm³/mol. The Hall–Kier alpha value is -0.740. The van der Waals surface area contributed by atoms with E-state index in [9.17, 15) is 8.60 Å². The van der Waals surface area contributed by atoms with Crippen molar-refractivity contribution in [3.05, 3.63) is 35.1 Å². The molecule has 1 rings (SSSR count). The Labute approximate surface area is 98.7 Å². The number of benzene rings is 1. The number of hydrogen-bond donors (Lipinski definition) is 1. The van der Waals surface area contributed by atoms with Gasteiger partial charge in [0.1, 0.15) is 5.82 Å². The van der Waals surface area contributed by atoms with Gasteiger partial charge in [0, 0.05) is 35.4 Å². The summed E-state index contributed by atoms with van der Waals surface area (Å²) in [6, 6.07) is 4.77. The Kier molecular flexibility index (Phi) is 5.09. The Morgan fingerprint density at radius 1 is 1.50 bits per heavy atom. The molecule has 0 aromatic heterocycles. The molecule has 90 valence electrons. The molecule has 0 amide bonds. The molecule has 0 fully saturated rings. The zero-order chi connectivity index (χ0) is 12.1. The van der Waals surface area contributed by atoms with Crippen LogP contribution < -0.4 is 5.32 Å². The molecule has 0 saturated heterocycles. The summed E-state index contributed by atoms with van der Waals surface area (Å²) in [5.74, 6) is -0.213. The summed E-state index contributed by atoms with van der Waals surface area (Å²) in [6.45, 7) is 5.18. The van der Waals surface area contributed by atoms with Crippen LogP contribution in [0.2, 0.25) is 0 Å². The smallest absolute Gasteiger partial charge is 0.123 e. The summed E-state index contributed by atoms with van der Waals surface area (Å²) in [5, 5.41) is 3.31. The first-order valence-corrected chi connectivity index (χ1v) is 6.91. The Morgan fingerprint density at radius 3 is 2.81 bits per heavy atom. The van der Waals surface area contributed by atoms with Gasteiger partial charge >= 0.3 is 0 Å². The van der Waals surface area contributed by atoms with Gasteiger partial charge in [-0.3, -0.25) is 4.21 Å². The Bertz CT molecular complexity index is 381. The standard InChI is InChI=1S/C12H18FNOS/c1-9-4-5-12(13)6-11(9)8-14-7-10(2)16(3)15/h4-6,10,14H,7-8H2,1-3H3. The van der Waals surface area contributed by atoms with Crippen LogP contribution in [0, 0.1) is 12.7 Å². The fourth-order valence-electron chi connectivity index (χ4n) is 1.36. The van der Waals surface area contributed by atoms with Crippen molar-refractivity contribution in [1.29, 1.82) is 0 Å². The van der Waals surface area contributed by atoms with Crippen LogP contribution in [0.15, 0.2) is 18.2 Å². The van der Waals surface area contributed by atoms with E-state index < -0.39 is 10.8 Å². The maximum atomic E-state index is 13.0. The number of aryl methyl sites for hydroxylation is 1. The highest BCUT2D eigenvalue weighted by Crippen LogP contribution is 2.09. The minimum absolute atomic E-state index is 0.119. The van der Waals surface area contributed by atoms with Gasteiger partial charge in [0.15, 0.2) is 0 Å². The van der Waals surface area contributed by atoms with Crippen molar-refractivity contribution in [1.82, 2.24) is 5.32 Å². The van der Waals surface area contributed by atoms with Gasteiger partial charge in [0.25, 0.3) is 0 Å². The average molecular weight is 243 g/mol. The van der Waals surface area contributed by atoms with Crippen molar-refractivity contribution in [2.24, 2.45) is 0 Å². The van der Waals surface area contributed by atoms with Crippen molar-refractivity contribution < 1.29 is 8.60 Å². The summed E-state index contributed by atoms with van der Waals surface area (Å²) in [7, 11) is -0.815. The van der Waals surface area contributed by atoms with Gasteiger partial charge in [-0.25, -0.2) is 4.39 Å². The first-order valence-electron chi connectivity index (χ1n) is 5.28. The number of nitrogens with one attached hydrogen (secondary N) is 1. The SMILES string of the molecule is Cc1ccc(F)cc1CNCC(C)S(C)=O. The number of hydrogen-bond acceptors (Lipinski definition) is 2. The summed E-state index contributed by atoms with van der Waals surface area (Å²) < 4.78 is 24.1. The molecule has 0 bridgehead atoms. The Balaban J connectivity index is 2.48. The van der Waals surface area contributed by atoms with E-state index in [2.05, 4.69) is 5.32 Å². The van der Waals surface area contributed by atoms with Gasteiger partial charge in [-0.2, -0.15) is 0 Å². The molecular weight excluding hydrogens is 225 g/mol. The largest absolute Gasteiger partial charge is 0.311 e. The van der Waals surface area contributed by atoms with Gasteiger partial charge in [-0.1, -0.05) is 6.07 Å². The predicted octanol–water partition coefficient (Wildman–Crippen LogP) is 1.99. The fourth-order valence-corrected chi connectivity index (χ4v) is 1.71. The van der Waals surface area contributed by atoms with Crippen molar-refractivity contribution in [2.45, 2.75) is 25.6 Å². The second-order valence-electron chi connectivity index (χ2n) is 4.01. The first-order chi connectivity index (χ1) is 7.50. The van der Waals surface area contributed by atoms with Crippen LogP contribution in [0.5, 0.6) is 0 Å². The molecule has 0 aliphatic carbocycles. The summed E-state index contributed by atoms with van der Waals surface area (Å²) in [5.41, 5.74) is 2.02. The lowest BCUT2D eigenvalue weighted by Gasteiger charge is -2.11. The highest BCUT2D eigenvalue weighted by molar-refractivity contribution is 7.84. The van der Waals surface area contributed by atoms with Crippen LogP contribution in [0.4, 0.5) is 4.39 Å². The minimum atomic E-state index is -0.815. The third kappa shape index (κ3) is 4.02. The van der Waals surface area contributed by atoms with E-state index in [-0.39, 0.29) is 11.1 Å². The van der Waals surface area contributed by atoms with Gasteiger partial charge in [0.2, 0.25) is 0 Å². The van der Waals surface area contributed by atoms with Crippen molar-refractivity contribution in [2.75, 3.05) is 12.8 Å². The molecule has 1 aromatic rings. The van der Waals surface area contributed by atoms with Crippen molar-refractivity contribution >= 4 is 10.8 Å². The van der Waals surface area contributed by atoms with E-state index in [1.807, 2.05) is 13.8 Å². The molecule has 2 atom stereocenters. The molecule has 0 aliphatic rings. The molecule has 0 heterocycles. The topological polar surface area (TPSA) is 29.1 Å². The minimum Gasteiger partial charge on any atom is -0.311 e. The fraction of sp³-hybridized carbons (Fsp3) is 0.500. The number of rotatable bonds is 5. The second-order valence-corrected chi connectivity index (χ2v) is 5.81. The quantitative estimate of drug-likeness (QED) is 0.857. The normalized spacial score (nSPS) is 14.8. The highest BCUT2D eigenvalue weighted by atomic mass is 32.2. The van der Waals surface area contributed by atoms with E-state index in [0.717, 1.165) is 11.1 Å². The molecule has 2 unspecified atom stereocenters. The maximum Gasteiger partial charge on any atom is 0.123 e. The third-order valence-corrected chi connectivity index (χ3v) is 3.92. The molecule has 0 radical (unpaired) electrons. The summed E-state index contributed by atoms with van der Waals surface area (Å²) in [6.07, 6.45) is 1.69. The molecule has 0 saturated carbocycles. The molecule has 1 aromatic carbocycles. The van der Waals surface area contributed by atoms with Gasteiger partial charge in [-0.05, 0) is 37.1 Å². The van der Waals surface area contributed by atoms with Crippen molar-refractivity contribution in [3.8, 4) is 0 Å². The van der Waals surface area contributed by atoms with E-state index in [1.165, 1.54) is 12.1 Å². The average Bonchev–Trinajstić information content (AvgIpc) is 2.22. The van der Waals surface area contributed by atoms with Crippen LogP contribution in [-0.4, -0.2) is 22.3 Å². The van der Waals surface area contributed by atoms with Crippen LogP contribution >= 0.6 is 0 Å². The molecule has 0 spiro atoms. The Morgan fingerprint density at radius 2 is 2.19 bits per heavy atom. The lowest BCUT2D eigenvalue weighted by molar-refractivity contribution is 0.616. The molecule has 4 heteroatoms. The van der Waals surface area contributed by atoms with E-state index in [0.29, 0.717) is 13.1 Å². The van der Waals surface area contributed by atoms with Crippen LogP contribution in [0.1, 0.15) is 18.1 Å². The summed E-state index contributed by atoms with van der Waals surface area (Å²) in [4.78, 5) is 0.